The third kappa shape index (κ3) is 3.67. The summed E-state index contributed by atoms with van der Waals surface area (Å²) in [6.07, 6.45) is 0.482. The van der Waals surface area contributed by atoms with Crippen LogP contribution in [0.1, 0.15) is 18.4 Å². The van der Waals surface area contributed by atoms with Crippen molar-refractivity contribution < 1.29 is 24.2 Å². The van der Waals surface area contributed by atoms with Gasteiger partial charge < -0.3 is 15.2 Å². The lowest BCUT2D eigenvalue weighted by atomic mass is 9.99. The second-order valence-corrected chi connectivity index (χ2v) is 6.26. The van der Waals surface area contributed by atoms with E-state index >= 15 is 0 Å². The summed E-state index contributed by atoms with van der Waals surface area (Å²) in [5.74, 6) is -0.713. The highest BCUT2D eigenvalue weighted by atomic mass is 16.6. The molecule has 0 aromatic heterocycles. The van der Waals surface area contributed by atoms with Gasteiger partial charge in [0.15, 0.2) is 0 Å². The normalized spacial score (nSPS) is 21.2. The molecule has 7 nitrogen and oxygen atoms in total. The van der Waals surface area contributed by atoms with Crippen molar-refractivity contribution >= 4 is 18.1 Å². The van der Waals surface area contributed by atoms with E-state index in [1.807, 2.05) is 30.3 Å². The molecule has 0 bridgehead atoms. The summed E-state index contributed by atoms with van der Waals surface area (Å²) in [7, 11) is 0. The Labute approximate surface area is 139 Å². The number of benzene rings is 1. The highest BCUT2D eigenvalue weighted by molar-refractivity contribution is 5.95. The van der Waals surface area contributed by atoms with Crippen molar-refractivity contribution in [3.63, 3.8) is 0 Å². The van der Waals surface area contributed by atoms with Gasteiger partial charge in [-0.2, -0.15) is 0 Å². The fourth-order valence-electron chi connectivity index (χ4n) is 3.10. The van der Waals surface area contributed by atoms with Gasteiger partial charge in [0.05, 0.1) is 12.0 Å². The summed E-state index contributed by atoms with van der Waals surface area (Å²) in [6, 6.07) is 9.25. The molecule has 24 heavy (non-hydrogen) atoms. The second-order valence-electron chi connectivity index (χ2n) is 6.26. The van der Waals surface area contributed by atoms with Gasteiger partial charge in [-0.1, -0.05) is 30.3 Å². The largest absolute Gasteiger partial charge is 0.465 e. The molecule has 2 fully saturated rings. The van der Waals surface area contributed by atoms with Crippen molar-refractivity contribution in [1.29, 1.82) is 0 Å². The molecule has 1 saturated carbocycles. The van der Waals surface area contributed by atoms with Gasteiger partial charge in [0.25, 0.3) is 0 Å². The third-order valence-electron chi connectivity index (χ3n) is 4.49. The van der Waals surface area contributed by atoms with E-state index in [9.17, 15) is 14.4 Å². The van der Waals surface area contributed by atoms with E-state index in [1.165, 1.54) is 4.90 Å². The Kier molecular flexibility index (Phi) is 4.69. The van der Waals surface area contributed by atoms with Crippen LogP contribution in [0.4, 0.5) is 9.59 Å². The second kappa shape index (κ2) is 6.90. The zero-order valence-corrected chi connectivity index (χ0v) is 13.2. The van der Waals surface area contributed by atoms with Gasteiger partial charge in [-0.15, -0.1) is 0 Å². The number of hydrogen-bond acceptors (Lipinski definition) is 4. The molecule has 1 aliphatic carbocycles. The third-order valence-corrected chi connectivity index (χ3v) is 4.49. The average molecular weight is 332 g/mol. The maximum Gasteiger partial charge on any atom is 0.416 e. The van der Waals surface area contributed by atoms with E-state index in [0.29, 0.717) is 6.42 Å². The maximum atomic E-state index is 12.8. The standard InChI is InChI=1S/C17H20N2O5/c20-15(14(12-6-7-12)9-18-16(21)22)19-13(10-24-17(19)23)8-11-4-2-1-3-5-11/h1-5,12-14,18H,6-10H2,(H,21,22)/t13-,14-/m0/s1. The lowest BCUT2D eigenvalue weighted by molar-refractivity contribution is -0.133. The Morgan fingerprint density at radius 2 is 2.00 bits per heavy atom. The van der Waals surface area contributed by atoms with Crippen LogP contribution in [-0.2, 0) is 16.0 Å². The van der Waals surface area contributed by atoms with Crippen LogP contribution in [0.3, 0.4) is 0 Å². The predicted molar refractivity (Wildman–Crippen MR) is 84.4 cm³/mol. The molecule has 2 aliphatic rings. The number of nitrogens with one attached hydrogen (secondary N) is 1. The number of rotatable bonds is 6. The van der Waals surface area contributed by atoms with Crippen LogP contribution in [0.2, 0.25) is 0 Å². The van der Waals surface area contributed by atoms with Crippen molar-refractivity contribution in [2.45, 2.75) is 25.3 Å². The number of cyclic esters (lactones) is 1. The van der Waals surface area contributed by atoms with Crippen molar-refractivity contribution in [2.24, 2.45) is 11.8 Å². The lowest BCUT2D eigenvalue weighted by Crippen LogP contribution is -2.47. The van der Waals surface area contributed by atoms with Gasteiger partial charge in [0.2, 0.25) is 5.91 Å². The van der Waals surface area contributed by atoms with E-state index in [0.717, 1.165) is 18.4 Å². The molecule has 1 aromatic rings. The van der Waals surface area contributed by atoms with E-state index in [2.05, 4.69) is 5.32 Å². The summed E-state index contributed by atoms with van der Waals surface area (Å²) in [5, 5.41) is 11.1. The van der Waals surface area contributed by atoms with Crippen molar-refractivity contribution in [2.75, 3.05) is 13.2 Å². The molecular formula is C17H20N2O5. The monoisotopic (exact) mass is 332 g/mol. The molecule has 1 saturated heterocycles. The zero-order valence-electron chi connectivity index (χ0n) is 13.2. The summed E-state index contributed by atoms with van der Waals surface area (Å²) in [5.41, 5.74) is 1.02. The molecule has 1 aliphatic heterocycles. The number of ether oxygens (including phenoxy) is 1. The van der Waals surface area contributed by atoms with Crippen LogP contribution in [0.5, 0.6) is 0 Å². The van der Waals surface area contributed by atoms with E-state index in [-0.39, 0.29) is 31.0 Å². The zero-order chi connectivity index (χ0) is 17.1. The first-order chi connectivity index (χ1) is 11.6. The van der Waals surface area contributed by atoms with Gasteiger partial charge >= 0.3 is 12.2 Å². The van der Waals surface area contributed by atoms with E-state index < -0.39 is 18.1 Å². The lowest BCUT2D eigenvalue weighted by Gasteiger charge is -2.25. The molecule has 2 N–H and O–H groups in total. The quantitative estimate of drug-likeness (QED) is 0.829. The first kappa shape index (κ1) is 16.3. The minimum atomic E-state index is -1.17. The molecular weight excluding hydrogens is 312 g/mol. The van der Waals surface area contributed by atoms with Crippen LogP contribution in [0, 0.1) is 11.8 Å². The number of carbonyl (C=O) groups excluding carboxylic acids is 2. The highest BCUT2D eigenvalue weighted by Crippen LogP contribution is 2.38. The molecule has 128 valence electrons. The molecule has 1 aromatic carbocycles. The van der Waals surface area contributed by atoms with Gasteiger partial charge in [-0.25, -0.2) is 14.5 Å². The number of nitrogens with zero attached hydrogens (tertiary/aromatic N) is 1. The van der Waals surface area contributed by atoms with E-state index in [1.54, 1.807) is 0 Å². The molecule has 0 radical (unpaired) electrons. The first-order valence-electron chi connectivity index (χ1n) is 8.07. The van der Waals surface area contributed by atoms with Crippen molar-refractivity contribution in [1.82, 2.24) is 10.2 Å². The minimum absolute atomic E-state index is 0.0284. The van der Waals surface area contributed by atoms with Crippen molar-refractivity contribution in [3.8, 4) is 0 Å². The predicted octanol–water partition coefficient (Wildman–Crippen LogP) is 1.87. The first-order valence-corrected chi connectivity index (χ1v) is 8.07. The molecule has 0 unspecified atom stereocenters. The number of amides is 3. The molecule has 2 atom stereocenters. The SMILES string of the molecule is O=C(O)NC[C@H](C(=O)N1C(=O)OC[C@@H]1Cc1ccccc1)C1CC1. The molecule has 1 heterocycles. The Morgan fingerprint density at radius 3 is 2.62 bits per heavy atom. The van der Waals surface area contributed by atoms with Crippen LogP contribution in [-0.4, -0.2) is 47.3 Å². The Hall–Kier alpha value is -2.57. The fraction of sp³-hybridized carbons (Fsp3) is 0.471. The summed E-state index contributed by atoms with van der Waals surface area (Å²) < 4.78 is 5.08. The summed E-state index contributed by atoms with van der Waals surface area (Å²) in [6.45, 7) is 0.198. The molecule has 0 spiro atoms. The number of carboxylic acid groups (broad SMARTS) is 1. The summed E-state index contributed by atoms with van der Waals surface area (Å²) >= 11 is 0. The van der Waals surface area contributed by atoms with Crippen molar-refractivity contribution in [3.05, 3.63) is 35.9 Å². The maximum absolute atomic E-state index is 12.8. The van der Waals surface area contributed by atoms with Crippen LogP contribution < -0.4 is 5.32 Å². The molecule has 3 amide bonds. The number of hydrogen-bond donors (Lipinski definition) is 2. The van der Waals surface area contributed by atoms with Crippen LogP contribution in [0.25, 0.3) is 0 Å². The Morgan fingerprint density at radius 1 is 1.29 bits per heavy atom. The van der Waals surface area contributed by atoms with Gasteiger partial charge in [-0.3, -0.25) is 4.79 Å². The Bertz CT molecular complexity index is 629. The topological polar surface area (TPSA) is 95.9 Å². The Balaban J connectivity index is 1.72. The number of carbonyl (C=O) groups is 3. The number of imide groups is 1. The molecule has 7 heteroatoms. The smallest absolute Gasteiger partial charge is 0.416 e. The van der Waals surface area contributed by atoms with Crippen LogP contribution >= 0.6 is 0 Å². The summed E-state index contributed by atoms with van der Waals surface area (Å²) in [4.78, 5) is 36.8. The highest BCUT2D eigenvalue weighted by Gasteiger charge is 2.45. The van der Waals surface area contributed by atoms with Crippen LogP contribution in [0.15, 0.2) is 30.3 Å². The van der Waals surface area contributed by atoms with E-state index in [4.69, 9.17) is 9.84 Å². The van der Waals surface area contributed by atoms with Gasteiger partial charge in [0.1, 0.15) is 6.61 Å². The fourth-order valence-corrected chi connectivity index (χ4v) is 3.10. The average Bonchev–Trinajstić information content (AvgIpc) is 3.32. The minimum Gasteiger partial charge on any atom is -0.465 e. The van der Waals surface area contributed by atoms with Gasteiger partial charge in [0, 0.05) is 6.54 Å². The molecule has 3 rings (SSSR count). The van der Waals surface area contributed by atoms with Gasteiger partial charge in [-0.05, 0) is 30.7 Å².